The first-order valence-corrected chi connectivity index (χ1v) is 7.82. The first-order valence-electron chi connectivity index (χ1n) is 7.44. The van der Waals surface area contributed by atoms with E-state index in [1.165, 1.54) is 18.2 Å². The van der Waals surface area contributed by atoms with Gasteiger partial charge in [0.05, 0.1) is 13.0 Å². The molecule has 0 aromatic heterocycles. The Labute approximate surface area is 145 Å². The first kappa shape index (κ1) is 17.9. The van der Waals surface area contributed by atoms with Crippen molar-refractivity contribution < 1.29 is 14.0 Å². The number of anilines is 1. The van der Waals surface area contributed by atoms with Crippen LogP contribution < -0.4 is 10.6 Å². The summed E-state index contributed by atoms with van der Waals surface area (Å²) >= 11 is 5.88. The van der Waals surface area contributed by atoms with E-state index < -0.39 is 11.7 Å². The fraction of sp³-hybridized carbons (Fsp3) is 0.222. The minimum absolute atomic E-state index is 0.117. The molecule has 0 bridgehead atoms. The van der Waals surface area contributed by atoms with Gasteiger partial charge >= 0.3 is 0 Å². The van der Waals surface area contributed by atoms with E-state index in [2.05, 4.69) is 10.6 Å². The summed E-state index contributed by atoms with van der Waals surface area (Å²) in [7, 11) is 0. The van der Waals surface area contributed by atoms with Crippen molar-refractivity contribution in [1.29, 1.82) is 0 Å². The number of rotatable bonds is 5. The quantitative estimate of drug-likeness (QED) is 0.870. The van der Waals surface area contributed by atoms with Crippen LogP contribution in [0, 0.1) is 19.7 Å². The van der Waals surface area contributed by atoms with Crippen LogP contribution in [0.4, 0.5) is 10.1 Å². The van der Waals surface area contributed by atoms with E-state index >= 15 is 0 Å². The molecule has 0 atom stereocenters. The lowest BCUT2D eigenvalue weighted by atomic mass is 10.1. The Morgan fingerprint density at radius 1 is 1.04 bits per heavy atom. The van der Waals surface area contributed by atoms with Crippen molar-refractivity contribution in [2.75, 3.05) is 11.9 Å². The third kappa shape index (κ3) is 4.55. The van der Waals surface area contributed by atoms with Crippen molar-refractivity contribution in [2.45, 2.75) is 20.3 Å². The molecule has 2 rings (SSSR count). The third-order valence-corrected chi connectivity index (χ3v) is 3.94. The molecule has 0 unspecified atom stereocenters. The topological polar surface area (TPSA) is 58.2 Å². The lowest BCUT2D eigenvalue weighted by Gasteiger charge is -2.12. The fourth-order valence-corrected chi connectivity index (χ4v) is 2.53. The predicted molar refractivity (Wildman–Crippen MR) is 92.7 cm³/mol. The molecule has 0 saturated heterocycles. The third-order valence-electron chi connectivity index (χ3n) is 3.59. The van der Waals surface area contributed by atoms with Gasteiger partial charge in [-0.25, -0.2) is 4.39 Å². The lowest BCUT2D eigenvalue weighted by molar-refractivity contribution is -0.123. The van der Waals surface area contributed by atoms with E-state index in [4.69, 9.17) is 11.6 Å². The molecule has 2 N–H and O–H groups in total. The van der Waals surface area contributed by atoms with Gasteiger partial charge < -0.3 is 10.6 Å². The number of hydrogen-bond acceptors (Lipinski definition) is 2. The van der Waals surface area contributed by atoms with Crippen molar-refractivity contribution in [3.8, 4) is 0 Å². The summed E-state index contributed by atoms with van der Waals surface area (Å²) in [5, 5.41) is 5.42. The van der Waals surface area contributed by atoms with Crippen molar-refractivity contribution in [2.24, 2.45) is 0 Å². The van der Waals surface area contributed by atoms with Crippen LogP contribution in [-0.2, 0) is 16.0 Å². The molecule has 0 aliphatic heterocycles. The molecular formula is C18H18ClFN2O2. The number of halogens is 2. The van der Waals surface area contributed by atoms with Crippen LogP contribution in [0.2, 0.25) is 5.02 Å². The summed E-state index contributed by atoms with van der Waals surface area (Å²) in [6.07, 6.45) is -0.220. The highest BCUT2D eigenvalue weighted by molar-refractivity contribution is 6.31. The van der Waals surface area contributed by atoms with Gasteiger partial charge in [0.2, 0.25) is 11.8 Å². The maximum atomic E-state index is 13.6. The van der Waals surface area contributed by atoms with Crippen LogP contribution in [0.5, 0.6) is 0 Å². The van der Waals surface area contributed by atoms with Crippen molar-refractivity contribution in [1.82, 2.24) is 5.32 Å². The fourth-order valence-electron chi connectivity index (χ4n) is 2.30. The average Bonchev–Trinajstić information content (AvgIpc) is 2.53. The van der Waals surface area contributed by atoms with Crippen LogP contribution in [0.25, 0.3) is 0 Å². The van der Waals surface area contributed by atoms with Crippen LogP contribution in [-0.4, -0.2) is 18.4 Å². The van der Waals surface area contributed by atoms with Crippen molar-refractivity contribution in [3.05, 3.63) is 63.9 Å². The number of carbonyl (C=O) groups is 2. The predicted octanol–water partition coefficient (Wildman–Crippen LogP) is 3.39. The van der Waals surface area contributed by atoms with E-state index in [0.717, 1.165) is 16.8 Å². The Hall–Kier alpha value is -2.40. The maximum Gasteiger partial charge on any atom is 0.243 e. The minimum atomic E-state index is -0.544. The molecule has 0 heterocycles. The van der Waals surface area contributed by atoms with Gasteiger partial charge in [0.1, 0.15) is 5.82 Å². The van der Waals surface area contributed by atoms with Crippen molar-refractivity contribution in [3.63, 3.8) is 0 Å². The lowest BCUT2D eigenvalue weighted by Crippen LogP contribution is -2.34. The van der Waals surface area contributed by atoms with E-state index in [1.807, 2.05) is 32.0 Å². The largest absolute Gasteiger partial charge is 0.347 e. The van der Waals surface area contributed by atoms with Gasteiger partial charge in [-0.2, -0.15) is 0 Å². The highest BCUT2D eigenvalue weighted by Crippen LogP contribution is 2.20. The zero-order valence-electron chi connectivity index (χ0n) is 13.5. The van der Waals surface area contributed by atoms with Gasteiger partial charge in [-0.05, 0) is 37.1 Å². The smallest absolute Gasteiger partial charge is 0.243 e. The van der Waals surface area contributed by atoms with Crippen molar-refractivity contribution >= 4 is 29.1 Å². The van der Waals surface area contributed by atoms with Gasteiger partial charge in [-0.3, -0.25) is 9.59 Å². The molecule has 2 aromatic rings. The molecule has 0 aliphatic rings. The Morgan fingerprint density at radius 3 is 2.29 bits per heavy atom. The Bertz CT molecular complexity index is 672. The van der Waals surface area contributed by atoms with E-state index in [1.54, 1.807) is 0 Å². The Balaban J connectivity index is 1.91. The molecule has 0 radical (unpaired) electrons. The molecular weight excluding hydrogens is 331 g/mol. The molecule has 0 spiro atoms. The molecule has 24 heavy (non-hydrogen) atoms. The summed E-state index contributed by atoms with van der Waals surface area (Å²) in [6, 6.07) is 9.91. The zero-order valence-corrected chi connectivity index (χ0v) is 14.2. The standard InChI is InChI=1S/C18H18ClFN2O2/c1-11-5-3-6-12(2)18(11)22-17(24)10-21-16(23)9-13-14(19)7-4-8-15(13)20/h3-8H,9-10H2,1-2H3,(H,21,23)(H,22,24). The number of amides is 2. The second kappa shape index (κ2) is 7.93. The molecule has 4 nitrogen and oxygen atoms in total. The maximum absolute atomic E-state index is 13.6. The van der Waals surface area contributed by atoms with E-state index in [9.17, 15) is 14.0 Å². The number of para-hydroxylation sites is 1. The van der Waals surface area contributed by atoms with Gasteiger partial charge in [0.25, 0.3) is 0 Å². The first-order chi connectivity index (χ1) is 11.4. The van der Waals surface area contributed by atoms with Crippen LogP contribution in [0.15, 0.2) is 36.4 Å². The summed E-state index contributed by atoms with van der Waals surface area (Å²) in [4.78, 5) is 23.9. The Kier molecular flexibility index (Phi) is 5.93. The minimum Gasteiger partial charge on any atom is -0.347 e. The van der Waals surface area contributed by atoms with Gasteiger partial charge in [-0.15, -0.1) is 0 Å². The van der Waals surface area contributed by atoms with Crippen LogP contribution >= 0.6 is 11.6 Å². The molecule has 0 fully saturated rings. The number of aryl methyl sites for hydroxylation is 2. The summed E-state index contributed by atoms with van der Waals surface area (Å²) in [5.74, 6) is -1.36. The summed E-state index contributed by atoms with van der Waals surface area (Å²) < 4.78 is 13.6. The van der Waals surface area contributed by atoms with Crippen LogP contribution in [0.1, 0.15) is 16.7 Å². The van der Waals surface area contributed by atoms with Gasteiger partial charge in [0.15, 0.2) is 0 Å². The van der Waals surface area contributed by atoms with E-state index in [-0.39, 0.29) is 29.5 Å². The van der Waals surface area contributed by atoms with Crippen LogP contribution in [0.3, 0.4) is 0 Å². The average molecular weight is 349 g/mol. The second-order valence-corrected chi connectivity index (χ2v) is 5.88. The monoisotopic (exact) mass is 348 g/mol. The molecule has 2 aromatic carbocycles. The Morgan fingerprint density at radius 2 is 1.67 bits per heavy atom. The normalized spacial score (nSPS) is 10.3. The molecule has 2 amide bonds. The number of carbonyl (C=O) groups excluding carboxylic acids is 2. The highest BCUT2D eigenvalue weighted by atomic mass is 35.5. The molecule has 0 aliphatic carbocycles. The SMILES string of the molecule is Cc1cccc(C)c1NC(=O)CNC(=O)Cc1c(F)cccc1Cl. The number of hydrogen-bond donors (Lipinski definition) is 2. The van der Waals surface area contributed by atoms with E-state index in [0.29, 0.717) is 0 Å². The molecule has 126 valence electrons. The van der Waals surface area contributed by atoms with Gasteiger partial charge in [-0.1, -0.05) is 35.9 Å². The second-order valence-electron chi connectivity index (χ2n) is 5.47. The highest BCUT2D eigenvalue weighted by Gasteiger charge is 2.13. The number of benzene rings is 2. The molecule has 6 heteroatoms. The summed E-state index contributed by atoms with van der Waals surface area (Å²) in [5.41, 5.74) is 2.72. The zero-order chi connectivity index (χ0) is 17.7. The summed E-state index contributed by atoms with van der Waals surface area (Å²) in [6.45, 7) is 3.58. The number of nitrogens with one attached hydrogen (secondary N) is 2. The molecule has 0 saturated carbocycles. The van der Waals surface area contributed by atoms with Gasteiger partial charge in [0, 0.05) is 16.3 Å².